The van der Waals surface area contributed by atoms with Crippen molar-refractivity contribution in [3.05, 3.63) is 9.81 Å². The standard InChI is InChI=1S/C9H8S2/c1-3-8(4-2)9-10-6-5-7-11-9/h1-2H,5-7H2. The van der Waals surface area contributed by atoms with Gasteiger partial charge in [-0.1, -0.05) is 11.8 Å². The van der Waals surface area contributed by atoms with Crippen molar-refractivity contribution in [1.82, 2.24) is 0 Å². The third kappa shape index (κ3) is 2.26. The Bertz CT molecular complexity index is 226. The monoisotopic (exact) mass is 180 g/mol. The Labute approximate surface area is 76.2 Å². The zero-order valence-corrected chi connectivity index (χ0v) is 7.73. The number of allylic oxidation sites excluding steroid dienone is 1. The van der Waals surface area contributed by atoms with Crippen LogP contribution in [0.2, 0.25) is 0 Å². The van der Waals surface area contributed by atoms with Crippen molar-refractivity contribution in [2.45, 2.75) is 6.42 Å². The molecule has 0 radical (unpaired) electrons. The molecule has 0 atom stereocenters. The molecule has 1 fully saturated rings. The van der Waals surface area contributed by atoms with E-state index in [9.17, 15) is 0 Å². The van der Waals surface area contributed by atoms with Crippen LogP contribution in [-0.2, 0) is 0 Å². The van der Waals surface area contributed by atoms with Crippen LogP contribution in [0.4, 0.5) is 0 Å². The van der Waals surface area contributed by atoms with E-state index in [0.29, 0.717) is 0 Å². The van der Waals surface area contributed by atoms with Crippen molar-refractivity contribution >= 4 is 23.5 Å². The highest BCUT2D eigenvalue weighted by atomic mass is 32.2. The molecular formula is C9H8S2. The molecule has 0 unspecified atom stereocenters. The molecular weight excluding hydrogens is 172 g/mol. The van der Waals surface area contributed by atoms with E-state index in [4.69, 9.17) is 12.8 Å². The average Bonchev–Trinajstić information content (AvgIpc) is 2.09. The van der Waals surface area contributed by atoms with Gasteiger partial charge in [-0.2, -0.15) is 0 Å². The van der Waals surface area contributed by atoms with Gasteiger partial charge in [0.25, 0.3) is 0 Å². The molecule has 1 saturated heterocycles. The van der Waals surface area contributed by atoms with Crippen molar-refractivity contribution in [3.8, 4) is 24.7 Å². The summed E-state index contributed by atoms with van der Waals surface area (Å²) in [7, 11) is 0. The van der Waals surface area contributed by atoms with Gasteiger partial charge in [-0.05, 0) is 17.9 Å². The molecule has 1 aliphatic heterocycles. The van der Waals surface area contributed by atoms with Gasteiger partial charge < -0.3 is 0 Å². The summed E-state index contributed by atoms with van der Waals surface area (Å²) in [6.45, 7) is 0. The van der Waals surface area contributed by atoms with Gasteiger partial charge in [0.05, 0.1) is 9.81 Å². The molecule has 1 rings (SSSR count). The first-order valence-corrected chi connectivity index (χ1v) is 5.28. The molecule has 0 N–H and O–H groups in total. The van der Waals surface area contributed by atoms with E-state index in [2.05, 4.69) is 11.8 Å². The topological polar surface area (TPSA) is 0 Å². The summed E-state index contributed by atoms with van der Waals surface area (Å²) < 4.78 is 1.15. The summed E-state index contributed by atoms with van der Waals surface area (Å²) in [5.74, 6) is 7.34. The number of terminal acetylenes is 2. The van der Waals surface area contributed by atoms with Crippen LogP contribution in [0.3, 0.4) is 0 Å². The summed E-state index contributed by atoms with van der Waals surface area (Å²) in [5, 5.41) is 0. The molecule has 1 heterocycles. The highest BCUT2D eigenvalue weighted by molar-refractivity contribution is 8.22. The first-order chi connectivity index (χ1) is 5.38. The van der Waals surface area contributed by atoms with Gasteiger partial charge in [-0.15, -0.1) is 36.4 Å². The van der Waals surface area contributed by atoms with Gasteiger partial charge in [0, 0.05) is 0 Å². The fraction of sp³-hybridized carbons (Fsp3) is 0.333. The lowest BCUT2D eigenvalue weighted by molar-refractivity contribution is 1.12. The quantitative estimate of drug-likeness (QED) is 0.525. The second-order valence-corrected chi connectivity index (χ2v) is 4.47. The van der Waals surface area contributed by atoms with E-state index >= 15 is 0 Å². The van der Waals surface area contributed by atoms with Crippen molar-refractivity contribution < 1.29 is 0 Å². The average molecular weight is 180 g/mol. The van der Waals surface area contributed by atoms with E-state index in [1.165, 1.54) is 6.42 Å². The molecule has 0 saturated carbocycles. The highest BCUT2D eigenvalue weighted by Gasteiger charge is 2.09. The Kier molecular flexibility index (Phi) is 3.49. The highest BCUT2D eigenvalue weighted by Crippen LogP contribution is 2.36. The minimum atomic E-state index is 0.722. The van der Waals surface area contributed by atoms with Crippen LogP contribution in [0.15, 0.2) is 9.81 Å². The molecule has 0 aromatic rings. The van der Waals surface area contributed by atoms with E-state index in [1.54, 1.807) is 23.5 Å². The predicted molar refractivity (Wildman–Crippen MR) is 54.2 cm³/mol. The summed E-state index contributed by atoms with van der Waals surface area (Å²) in [6.07, 6.45) is 11.7. The van der Waals surface area contributed by atoms with Gasteiger partial charge >= 0.3 is 0 Å². The normalized spacial score (nSPS) is 16.7. The lowest BCUT2D eigenvalue weighted by Gasteiger charge is -2.12. The van der Waals surface area contributed by atoms with Gasteiger partial charge in [-0.3, -0.25) is 0 Å². The van der Waals surface area contributed by atoms with Crippen molar-refractivity contribution in [2.24, 2.45) is 0 Å². The fourth-order valence-electron chi connectivity index (χ4n) is 0.734. The van der Waals surface area contributed by atoms with Crippen LogP contribution in [0.25, 0.3) is 0 Å². The van der Waals surface area contributed by atoms with Gasteiger partial charge in [-0.25, -0.2) is 0 Å². The summed E-state index contributed by atoms with van der Waals surface area (Å²) >= 11 is 3.56. The van der Waals surface area contributed by atoms with Crippen LogP contribution >= 0.6 is 23.5 Å². The SMILES string of the molecule is C#CC(C#C)=C1SCCCS1. The maximum atomic E-state index is 5.24. The largest absolute Gasteiger partial charge is 0.117 e. The van der Waals surface area contributed by atoms with Crippen LogP contribution in [0, 0.1) is 24.7 Å². The maximum absolute atomic E-state index is 5.24. The van der Waals surface area contributed by atoms with Crippen molar-refractivity contribution in [1.29, 1.82) is 0 Å². The first-order valence-electron chi connectivity index (χ1n) is 3.31. The Morgan fingerprint density at radius 3 is 2.18 bits per heavy atom. The molecule has 0 bridgehead atoms. The zero-order valence-electron chi connectivity index (χ0n) is 6.09. The van der Waals surface area contributed by atoms with Gasteiger partial charge in [0.15, 0.2) is 0 Å². The Morgan fingerprint density at radius 1 is 1.18 bits per heavy atom. The number of hydrogen-bond acceptors (Lipinski definition) is 2. The molecule has 1 aliphatic rings. The number of thioether (sulfide) groups is 2. The fourth-order valence-corrected chi connectivity index (χ4v) is 3.22. The molecule has 0 aromatic carbocycles. The molecule has 56 valence electrons. The van der Waals surface area contributed by atoms with Gasteiger partial charge in [0.1, 0.15) is 0 Å². The summed E-state index contributed by atoms with van der Waals surface area (Å²) in [4.78, 5) is 0. The molecule has 0 nitrogen and oxygen atoms in total. The lowest BCUT2D eigenvalue weighted by atomic mass is 10.3. The van der Waals surface area contributed by atoms with E-state index < -0.39 is 0 Å². The third-order valence-corrected chi connectivity index (χ3v) is 3.87. The van der Waals surface area contributed by atoms with Gasteiger partial charge in [0.2, 0.25) is 0 Å². The zero-order chi connectivity index (χ0) is 8.10. The maximum Gasteiger partial charge on any atom is 0.0938 e. The van der Waals surface area contributed by atoms with E-state index in [1.807, 2.05) is 0 Å². The molecule has 0 amide bonds. The third-order valence-electron chi connectivity index (χ3n) is 1.25. The van der Waals surface area contributed by atoms with E-state index in [-0.39, 0.29) is 0 Å². The van der Waals surface area contributed by atoms with E-state index in [0.717, 1.165) is 21.3 Å². The number of rotatable bonds is 0. The van der Waals surface area contributed by atoms with Crippen molar-refractivity contribution in [3.63, 3.8) is 0 Å². The van der Waals surface area contributed by atoms with Crippen LogP contribution in [-0.4, -0.2) is 11.5 Å². The molecule has 11 heavy (non-hydrogen) atoms. The molecule has 0 aromatic heterocycles. The lowest BCUT2D eigenvalue weighted by Crippen LogP contribution is -1.93. The Hall–Kier alpha value is -0.440. The first kappa shape index (κ1) is 8.65. The minimum Gasteiger partial charge on any atom is -0.117 e. The van der Waals surface area contributed by atoms with Crippen LogP contribution in [0.1, 0.15) is 6.42 Å². The molecule has 2 heteroatoms. The summed E-state index contributed by atoms with van der Waals surface area (Å²) in [6, 6.07) is 0. The second-order valence-electron chi connectivity index (χ2n) is 2.00. The second kappa shape index (κ2) is 4.44. The Balaban J connectivity index is 2.77. The summed E-state index contributed by atoms with van der Waals surface area (Å²) in [5.41, 5.74) is 0.722. The molecule has 0 aliphatic carbocycles. The smallest absolute Gasteiger partial charge is 0.0938 e. The van der Waals surface area contributed by atoms with Crippen LogP contribution in [0.5, 0.6) is 0 Å². The predicted octanol–water partition coefficient (Wildman–Crippen LogP) is 2.33. The Morgan fingerprint density at radius 2 is 1.73 bits per heavy atom. The molecule has 0 spiro atoms. The minimum absolute atomic E-state index is 0.722. The van der Waals surface area contributed by atoms with Crippen molar-refractivity contribution in [2.75, 3.05) is 11.5 Å². The number of hydrogen-bond donors (Lipinski definition) is 0. The van der Waals surface area contributed by atoms with Crippen LogP contribution < -0.4 is 0 Å².